The highest BCUT2D eigenvalue weighted by atomic mass is 32.2. The Balaban J connectivity index is 4.09. The molecule has 8 heteroatoms. The number of halogens is 5. The van der Waals surface area contributed by atoms with Gasteiger partial charge in [0.2, 0.25) is 0 Å². The molecule has 0 amide bonds. The number of esters is 1. The minimum absolute atomic E-state index is 0.191. The maximum atomic E-state index is 12.7. The first-order chi connectivity index (χ1) is 11.0. The van der Waals surface area contributed by atoms with Crippen LogP contribution in [0, 0.1) is 0 Å². The van der Waals surface area contributed by atoms with Gasteiger partial charge < -0.3 is 4.74 Å². The number of carbonyl (C=O) groups is 1. The van der Waals surface area contributed by atoms with Gasteiger partial charge in [-0.2, -0.15) is 22.0 Å². The molecule has 0 rings (SSSR count). The molecule has 0 saturated carbocycles. The number of hydrogen-bond donors (Lipinski definition) is 0. The van der Waals surface area contributed by atoms with Crippen molar-refractivity contribution in [2.75, 3.05) is 5.75 Å². The number of carbonyl (C=O) groups excluding carboxylic acids is 1. The first-order valence-corrected chi connectivity index (χ1v) is 9.32. The molecule has 0 aromatic rings. The van der Waals surface area contributed by atoms with Crippen molar-refractivity contribution in [1.29, 1.82) is 0 Å². The summed E-state index contributed by atoms with van der Waals surface area (Å²) < 4.78 is 66.7. The third kappa shape index (κ3) is 9.69. The molecule has 1 atom stereocenters. The van der Waals surface area contributed by atoms with E-state index in [4.69, 9.17) is 4.74 Å². The van der Waals surface area contributed by atoms with E-state index in [2.05, 4.69) is 0 Å². The molecule has 2 nitrogen and oxygen atoms in total. The fourth-order valence-electron chi connectivity index (χ4n) is 1.96. The molecule has 0 aliphatic carbocycles. The number of rotatable bonds is 12. The van der Waals surface area contributed by atoms with Crippen LogP contribution in [0.5, 0.6) is 0 Å². The normalized spacial score (nSPS) is 14.0. The Hall–Kier alpha value is -0.530. The molecule has 0 saturated heterocycles. The Kier molecular flexibility index (Phi) is 10.9. The highest BCUT2D eigenvalue weighted by Gasteiger charge is 2.56. The lowest BCUT2D eigenvalue weighted by Crippen LogP contribution is -2.36. The SMILES string of the molecule is CCCCC(SCCCCCC(F)(F)C(F)(F)F)C(=O)OC(C)C. The molecule has 1 unspecified atom stereocenters. The van der Waals surface area contributed by atoms with Gasteiger partial charge in [0.15, 0.2) is 0 Å². The molecular formula is C16H27F5O2S. The molecule has 0 heterocycles. The predicted octanol–water partition coefficient (Wildman–Crippen LogP) is 5.99. The molecule has 0 aromatic heterocycles. The lowest BCUT2D eigenvalue weighted by Gasteiger charge is -2.19. The molecular weight excluding hydrogens is 351 g/mol. The van der Waals surface area contributed by atoms with Gasteiger partial charge in [0.25, 0.3) is 0 Å². The van der Waals surface area contributed by atoms with Crippen molar-refractivity contribution in [1.82, 2.24) is 0 Å². The van der Waals surface area contributed by atoms with E-state index in [0.29, 0.717) is 18.6 Å². The molecule has 0 fully saturated rings. The molecule has 0 aliphatic heterocycles. The predicted molar refractivity (Wildman–Crippen MR) is 86.5 cm³/mol. The minimum Gasteiger partial charge on any atom is -0.462 e. The Morgan fingerprint density at radius 3 is 2.17 bits per heavy atom. The van der Waals surface area contributed by atoms with Gasteiger partial charge in [-0.05, 0) is 38.9 Å². The van der Waals surface area contributed by atoms with Crippen LogP contribution in [0.2, 0.25) is 0 Å². The summed E-state index contributed by atoms with van der Waals surface area (Å²) in [5.74, 6) is -4.36. The molecule has 144 valence electrons. The number of hydrogen-bond acceptors (Lipinski definition) is 3. The second-order valence-corrected chi connectivity index (χ2v) is 7.31. The number of ether oxygens (including phenoxy) is 1. The average Bonchev–Trinajstić information content (AvgIpc) is 2.43. The van der Waals surface area contributed by atoms with Crippen molar-refractivity contribution in [3.05, 3.63) is 0 Å². The molecule has 0 aliphatic rings. The molecule has 0 N–H and O–H groups in total. The summed E-state index contributed by atoms with van der Waals surface area (Å²) >= 11 is 1.39. The first kappa shape index (κ1) is 23.5. The topological polar surface area (TPSA) is 26.3 Å². The van der Waals surface area contributed by atoms with Gasteiger partial charge in [0.05, 0.1) is 6.10 Å². The Morgan fingerprint density at radius 2 is 1.67 bits per heavy atom. The van der Waals surface area contributed by atoms with E-state index in [0.717, 1.165) is 12.8 Å². The third-order valence-corrected chi connectivity index (χ3v) is 4.66. The summed E-state index contributed by atoms with van der Waals surface area (Å²) in [4.78, 5) is 12.0. The van der Waals surface area contributed by atoms with Gasteiger partial charge in [-0.25, -0.2) is 0 Å². The average molecular weight is 378 g/mol. The minimum atomic E-state index is -5.48. The van der Waals surface area contributed by atoms with Crippen molar-refractivity contribution >= 4 is 17.7 Å². The monoisotopic (exact) mass is 378 g/mol. The van der Waals surface area contributed by atoms with Gasteiger partial charge in [-0.3, -0.25) is 4.79 Å². The van der Waals surface area contributed by atoms with Gasteiger partial charge in [0.1, 0.15) is 5.25 Å². The largest absolute Gasteiger partial charge is 0.462 e. The van der Waals surface area contributed by atoms with Crippen LogP contribution >= 0.6 is 11.8 Å². The molecule has 24 heavy (non-hydrogen) atoms. The second-order valence-electron chi connectivity index (χ2n) is 6.00. The van der Waals surface area contributed by atoms with E-state index in [1.54, 1.807) is 13.8 Å². The highest BCUT2D eigenvalue weighted by molar-refractivity contribution is 8.00. The zero-order valence-corrected chi connectivity index (χ0v) is 15.2. The van der Waals surface area contributed by atoms with Gasteiger partial charge in [-0.1, -0.05) is 26.2 Å². The van der Waals surface area contributed by atoms with E-state index in [9.17, 15) is 26.7 Å². The first-order valence-electron chi connectivity index (χ1n) is 8.28. The standard InChI is InChI=1S/C16H27F5O2S/c1-4-5-9-13(14(22)23-12(2)3)24-11-8-6-7-10-15(17,18)16(19,20)21/h12-13H,4-11H2,1-3H3. The van der Waals surface area contributed by atoms with Crippen LogP contribution in [-0.4, -0.2) is 35.2 Å². The van der Waals surface area contributed by atoms with Crippen molar-refractivity contribution in [3.63, 3.8) is 0 Å². The Bertz CT molecular complexity index is 359. The number of alkyl halides is 5. The highest BCUT2D eigenvalue weighted by Crippen LogP contribution is 2.39. The van der Waals surface area contributed by atoms with Crippen molar-refractivity contribution in [2.45, 2.75) is 89.2 Å². The quantitative estimate of drug-likeness (QED) is 0.237. The molecule has 0 bridgehead atoms. The fraction of sp³-hybridized carbons (Fsp3) is 0.938. The van der Waals surface area contributed by atoms with E-state index in [1.807, 2.05) is 6.92 Å². The number of unbranched alkanes of at least 4 members (excludes halogenated alkanes) is 3. The maximum Gasteiger partial charge on any atom is 0.453 e. The van der Waals surface area contributed by atoms with Crippen molar-refractivity contribution < 1.29 is 31.5 Å². The summed E-state index contributed by atoms with van der Waals surface area (Å²) in [6.07, 6.45) is -3.78. The van der Waals surface area contributed by atoms with Crippen LogP contribution in [0.25, 0.3) is 0 Å². The summed E-state index contributed by atoms with van der Waals surface area (Å²) in [5, 5.41) is -0.302. The molecule has 0 spiro atoms. The van der Waals surface area contributed by atoms with Gasteiger partial charge in [-0.15, -0.1) is 11.8 Å². The zero-order chi connectivity index (χ0) is 18.8. The van der Waals surface area contributed by atoms with Crippen LogP contribution in [-0.2, 0) is 9.53 Å². The van der Waals surface area contributed by atoms with Gasteiger partial charge >= 0.3 is 18.1 Å². The second kappa shape index (κ2) is 11.2. The van der Waals surface area contributed by atoms with Crippen LogP contribution in [0.4, 0.5) is 22.0 Å². The lowest BCUT2D eigenvalue weighted by molar-refractivity contribution is -0.284. The van der Waals surface area contributed by atoms with E-state index in [1.165, 1.54) is 11.8 Å². The third-order valence-electron chi connectivity index (χ3n) is 3.30. The summed E-state index contributed by atoms with van der Waals surface area (Å²) in [7, 11) is 0. The lowest BCUT2D eigenvalue weighted by atomic mass is 10.1. The Labute approximate surface area is 144 Å². The summed E-state index contributed by atoms with van der Waals surface area (Å²) in [6.45, 7) is 5.54. The van der Waals surface area contributed by atoms with Crippen molar-refractivity contribution in [2.24, 2.45) is 0 Å². The van der Waals surface area contributed by atoms with Gasteiger partial charge in [0, 0.05) is 6.42 Å². The van der Waals surface area contributed by atoms with Crippen molar-refractivity contribution in [3.8, 4) is 0 Å². The number of thioether (sulfide) groups is 1. The van der Waals surface area contributed by atoms with Crippen LogP contribution in [0.3, 0.4) is 0 Å². The smallest absolute Gasteiger partial charge is 0.453 e. The van der Waals surface area contributed by atoms with Crippen LogP contribution < -0.4 is 0 Å². The Morgan fingerprint density at radius 1 is 1.04 bits per heavy atom. The maximum absolute atomic E-state index is 12.7. The fourth-order valence-corrected chi connectivity index (χ4v) is 3.14. The van der Waals surface area contributed by atoms with Crippen LogP contribution in [0.1, 0.15) is 65.7 Å². The molecule has 0 radical (unpaired) electrons. The summed E-state index contributed by atoms with van der Waals surface area (Å²) in [6, 6.07) is 0. The molecule has 0 aromatic carbocycles. The van der Waals surface area contributed by atoms with E-state index >= 15 is 0 Å². The van der Waals surface area contributed by atoms with E-state index in [-0.39, 0.29) is 30.2 Å². The van der Waals surface area contributed by atoms with E-state index < -0.39 is 18.5 Å². The summed E-state index contributed by atoms with van der Waals surface area (Å²) in [5.41, 5.74) is 0. The zero-order valence-electron chi connectivity index (χ0n) is 14.4. The van der Waals surface area contributed by atoms with Crippen LogP contribution in [0.15, 0.2) is 0 Å².